The summed E-state index contributed by atoms with van der Waals surface area (Å²) in [5, 5.41) is 13.4. The van der Waals surface area contributed by atoms with Gasteiger partial charge >= 0.3 is 0 Å². The van der Waals surface area contributed by atoms with Crippen molar-refractivity contribution in [1.29, 1.82) is 0 Å². The maximum Gasteiger partial charge on any atom is 0.191 e. The Morgan fingerprint density at radius 1 is 1.45 bits per heavy atom. The number of guanidine groups is 1. The molecule has 6 heteroatoms. The molecule has 2 aromatic rings. The summed E-state index contributed by atoms with van der Waals surface area (Å²) in [6, 6.07) is 4.47. The third kappa shape index (κ3) is 4.10. The normalized spacial score (nSPS) is 13.2. The van der Waals surface area contributed by atoms with Crippen molar-refractivity contribution in [3.63, 3.8) is 0 Å². The molecule has 0 fully saturated rings. The molecule has 1 unspecified atom stereocenters. The first kappa shape index (κ1) is 16.5. The van der Waals surface area contributed by atoms with E-state index in [1.165, 1.54) is 16.1 Å². The van der Waals surface area contributed by atoms with Crippen LogP contribution in [0.1, 0.15) is 28.8 Å². The average molecular weight is 319 g/mol. The minimum absolute atomic E-state index is 0.288. The van der Waals surface area contributed by atoms with Gasteiger partial charge in [0.25, 0.3) is 0 Å². The molecule has 0 aromatic carbocycles. The van der Waals surface area contributed by atoms with E-state index in [0.29, 0.717) is 0 Å². The number of nitrogens with one attached hydrogen (secondary N) is 2. The molecule has 1 atom stereocenters. The van der Waals surface area contributed by atoms with E-state index in [2.05, 4.69) is 59.0 Å². The number of thiophene rings is 1. The molecule has 0 amide bonds. The molecule has 2 N–H and O–H groups in total. The molecular formula is C16H25N5S. The van der Waals surface area contributed by atoms with Gasteiger partial charge in [0, 0.05) is 30.7 Å². The topological polar surface area (TPSA) is 54.2 Å². The van der Waals surface area contributed by atoms with Crippen molar-refractivity contribution in [2.24, 2.45) is 12.0 Å². The van der Waals surface area contributed by atoms with Gasteiger partial charge in [0.15, 0.2) is 5.96 Å². The van der Waals surface area contributed by atoms with Gasteiger partial charge in [-0.1, -0.05) is 6.07 Å². The highest BCUT2D eigenvalue weighted by Gasteiger charge is 2.13. The maximum atomic E-state index is 4.48. The lowest BCUT2D eigenvalue weighted by Gasteiger charge is -2.18. The number of nitrogens with zero attached hydrogens (tertiary/aromatic N) is 3. The van der Waals surface area contributed by atoms with Crippen LogP contribution in [0.25, 0.3) is 0 Å². The van der Waals surface area contributed by atoms with E-state index in [-0.39, 0.29) is 6.04 Å². The SMILES string of the molecule is CN=C(NCc1cccs1)NC(C)Cc1c(C)nn(C)c1C. The molecule has 120 valence electrons. The zero-order chi connectivity index (χ0) is 16.1. The van der Waals surface area contributed by atoms with Crippen molar-refractivity contribution in [1.82, 2.24) is 20.4 Å². The van der Waals surface area contributed by atoms with Crippen LogP contribution in [0.2, 0.25) is 0 Å². The maximum absolute atomic E-state index is 4.48. The molecule has 0 saturated heterocycles. The van der Waals surface area contributed by atoms with E-state index in [0.717, 1.165) is 24.6 Å². The quantitative estimate of drug-likeness (QED) is 0.657. The smallest absolute Gasteiger partial charge is 0.191 e. The molecule has 2 aromatic heterocycles. The van der Waals surface area contributed by atoms with Gasteiger partial charge in [-0.15, -0.1) is 11.3 Å². The standard InChI is InChI=1S/C16H25N5S/c1-11(9-15-12(2)20-21(5)13(15)3)19-16(17-4)18-10-14-7-6-8-22-14/h6-8,11H,9-10H2,1-5H3,(H2,17,18,19). The Balaban J connectivity index is 1.90. The van der Waals surface area contributed by atoms with Gasteiger partial charge in [0.05, 0.1) is 12.2 Å². The Kier molecular flexibility index (Phi) is 5.60. The number of rotatable bonds is 5. The fraction of sp³-hybridized carbons (Fsp3) is 0.500. The first-order valence-electron chi connectivity index (χ1n) is 7.50. The molecule has 0 aliphatic rings. The summed E-state index contributed by atoms with van der Waals surface area (Å²) in [5.74, 6) is 0.833. The van der Waals surface area contributed by atoms with Crippen molar-refractivity contribution in [3.8, 4) is 0 Å². The summed E-state index contributed by atoms with van der Waals surface area (Å²) < 4.78 is 1.95. The van der Waals surface area contributed by atoms with Gasteiger partial charge in [-0.2, -0.15) is 5.10 Å². The van der Waals surface area contributed by atoms with Crippen molar-refractivity contribution in [2.75, 3.05) is 7.05 Å². The number of aryl methyl sites for hydroxylation is 2. The van der Waals surface area contributed by atoms with Crippen molar-refractivity contribution in [3.05, 3.63) is 39.3 Å². The lowest BCUT2D eigenvalue weighted by atomic mass is 10.1. The minimum Gasteiger partial charge on any atom is -0.354 e. The van der Waals surface area contributed by atoms with Crippen molar-refractivity contribution in [2.45, 2.75) is 39.8 Å². The zero-order valence-electron chi connectivity index (χ0n) is 14.0. The van der Waals surface area contributed by atoms with E-state index in [9.17, 15) is 0 Å². The lowest BCUT2D eigenvalue weighted by Crippen LogP contribution is -2.42. The molecule has 0 bridgehead atoms. The molecule has 5 nitrogen and oxygen atoms in total. The van der Waals surface area contributed by atoms with Gasteiger partial charge < -0.3 is 10.6 Å². The van der Waals surface area contributed by atoms with Crippen LogP contribution in [-0.2, 0) is 20.0 Å². The highest BCUT2D eigenvalue weighted by Crippen LogP contribution is 2.14. The first-order chi connectivity index (χ1) is 10.5. The Morgan fingerprint density at radius 2 is 2.23 bits per heavy atom. The van der Waals surface area contributed by atoms with Crippen LogP contribution in [-0.4, -0.2) is 28.8 Å². The molecule has 0 spiro atoms. The summed E-state index contributed by atoms with van der Waals surface area (Å²) >= 11 is 1.75. The van der Waals surface area contributed by atoms with Crippen LogP contribution in [0.15, 0.2) is 22.5 Å². The summed E-state index contributed by atoms with van der Waals surface area (Å²) in [4.78, 5) is 5.60. The zero-order valence-corrected chi connectivity index (χ0v) is 14.8. The van der Waals surface area contributed by atoms with Gasteiger partial charge in [-0.05, 0) is 44.2 Å². The second-order valence-corrected chi connectivity index (χ2v) is 6.56. The number of aliphatic imine (C=N–C) groups is 1. The lowest BCUT2D eigenvalue weighted by molar-refractivity contribution is 0.636. The van der Waals surface area contributed by atoms with Crippen LogP contribution in [0.5, 0.6) is 0 Å². The molecule has 0 aliphatic carbocycles. The number of aromatic nitrogens is 2. The molecule has 2 rings (SSSR count). The second kappa shape index (κ2) is 7.45. The summed E-state index contributed by atoms with van der Waals surface area (Å²) in [5.41, 5.74) is 3.65. The van der Waals surface area contributed by atoms with Gasteiger partial charge in [0.1, 0.15) is 0 Å². The fourth-order valence-electron chi connectivity index (χ4n) is 2.48. The summed E-state index contributed by atoms with van der Waals surface area (Å²) in [6.07, 6.45) is 0.936. The number of hydrogen-bond donors (Lipinski definition) is 2. The van der Waals surface area contributed by atoms with E-state index in [1.807, 2.05) is 11.7 Å². The minimum atomic E-state index is 0.288. The molecule has 2 heterocycles. The van der Waals surface area contributed by atoms with Gasteiger partial charge in [-0.25, -0.2) is 0 Å². The molecule has 0 aliphatic heterocycles. The van der Waals surface area contributed by atoms with Crippen molar-refractivity contribution < 1.29 is 0 Å². The van der Waals surface area contributed by atoms with Crippen molar-refractivity contribution >= 4 is 17.3 Å². The average Bonchev–Trinajstić information content (AvgIpc) is 3.08. The fourth-order valence-corrected chi connectivity index (χ4v) is 3.13. The van der Waals surface area contributed by atoms with E-state index in [4.69, 9.17) is 0 Å². The largest absolute Gasteiger partial charge is 0.354 e. The van der Waals surface area contributed by atoms with E-state index < -0.39 is 0 Å². The van der Waals surface area contributed by atoms with Crippen LogP contribution in [0.4, 0.5) is 0 Å². The van der Waals surface area contributed by atoms with Crippen LogP contribution >= 0.6 is 11.3 Å². The summed E-state index contributed by atoms with van der Waals surface area (Å²) in [7, 11) is 3.79. The molecule has 0 saturated carbocycles. The molecule has 22 heavy (non-hydrogen) atoms. The highest BCUT2D eigenvalue weighted by atomic mass is 32.1. The highest BCUT2D eigenvalue weighted by molar-refractivity contribution is 7.09. The Labute approximate surface area is 136 Å². The predicted octanol–water partition coefficient (Wildman–Crippen LogP) is 2.39. The van der Waals surface area contributed by atoms with Gasteiger partial charge in [-0.3, -0.25) is 9.67 Å². The van der Waals surface area contributed by atoms with Crippen LogP contribution < -0.4 is 10.6 Å². The van der Waals surface area contributed by atoms with Crippen LogP contribution in [0, 0.1) is 13.8 Å². The predicted molar refractivity (Wildman–Crippen MR) is 93.5 cm³/mol. The monoisotopic (exact) mass is 319 g/mol. The Bertz CT molecular complexity index is 627. The molecular weight excluding hydrogens is 294 g/mol. The van der Waals surface area contributed by atoms with E-state index >= 15 is 0 Å². The Morgan fingerprint density at radius 3 is 2.77 bits per heavy atom. The van der Waals surface area contributed by atoms with Gasteiger partial charge in [0.2, 0.25) is 0 Å². The van der Waals surface area contributed by atoms with Crippen LogP contribution in [0.3, 0.4) is 0 Å². The first-order valence-corrected chi connectivity index (χ1v) is 8.38. The third-order valence-electron chi connectivity index (χ3n) is 3.79. The molecule has 0 radical (unpaired) electrons. The Hall–Kier alpha value is -1.82. The second-order valence-electron chi connectivity index (χ2n) is 5.53. The number of hydrogen-bond acceptors (Lipinski definition) is 3. The van der Waals surface area contributed by atoms with E-state index in [1.54, 1.807) is 18.4 Å². The summed E-state index contributed by atoms with van der Waals surface area (Å²) in [6.45, 7) is 7.16. The third-order valence-corrected chi connectivity index (χ3v) is 4.66.